The zero-order valence-electron chi connectivity index (χ0n) is 9.30. The molecule has 0 unspecified atom stereocenters. The zero-order valence-corrected chi connectivity index (χ0v) is 9.30. The van der Waals surface area contributed by atoms with Crippen LogP contribution in [0.2, 0.25) is 0 Å². The third-order valence-corrected chi connectivity index (χ3v) is 2.24. The van der Waals surface area contributed by atoms with Crippen molar-refractivity contribution >= 4 is 11.7 Å². The van der Waals surface area contributed by atoms with Crippen LogP contribution in [0.3, 0.4) is 0 Å². The van der Waals surface area contributed by atoms with E-state index in [1.807, 2.05) is 6.92 Å². The number of aryl methyl sites for hydroxylation is 1. The molecule has 88 valence electrons. The molecule has 0 aliphatic heterocycles. The van der Waals surface area contributed by atoms with E-state index in [-0.39, 0.29) is 18.3 Å². The van der Waals surface area contributed by atoms with E-state index in [4.69, 9.17) is 15.4 Å². The minimum absolute atomic E-state index is 0.00338. The summed E-state index contributed by atoms with van der Waals surface area (Å²) in [5.74, 6) is 0.361. The Morgan fingerprint density at radius 3 is 2.81 bits per heavy atom. The van der Waals surface area contributed by atoms with Gasteiger partial charge in [-0.15, -0.1) is 0 Å². The van der Waals surface area contributed by atoms with E-state index < -0.39 is 0 Å². The molecule has 0 radical (unpaired) electrons. The third-order valence-electron chi connectivity index (χ3n) is 2.24. The number of oxime groups is 1. The molecule has 1 amide bonds. The van der Waals surface area contributed by atoms with Gasteiger partial charge in [0.05, 0.1) is 18.4 Å². The van der Waals surface area contributed by atoms with Gasteiger partial charge in [0.1, 0.15) is 5.76 Å². The van der Waals surface area contributed by atoms with Crippen LogP contribution in [0.15, 0.2) is 21.9 Å². The number of amidine groups is 1. The normalized spacial score (nSPS) is 11.5. The lowest BCUT2D eigenvalue weighted by Crippen LogP contribution is -2.38. The molecule has 3 N–H and O–H groups in total. The van der Waals surface area contributed by atoms with Crippen LogP contribution in [0.1, 0.15) is 23.0 Å². The van der Waals surface area contributed by atoms with Gasteiger partial charge in [-0.25, -0.2) is 0 Å². The molecule has 1 aromatic heterocycles. The molecule has 0 saturated carbocycles. The average Bonchev–Trinajstić information content (AvgIpc) is 2.71. The fourth-order valence-corrected chi connectivity index (χ4v) is 1.33. The molecule has 0 bridgehead atoms. The van der Waals surface area contributed by atoms with E-state index >= 15 is 0 Å². The van der Waals surface area contributed by atoms with Crippen LogP contribution in [0, 0.1) is 6.92 Å². The van der Waals surface area contributed by atoms with E-state index in [0.29, 0.717) is 17.9 Å². The quantitative estimate of drug-likeness (QED) is 0.343. The summed E-state index contributed by atoms with van der Waals surface area (Å²) in [6, 6.07) is 1.60. The summed E-state index contributed by atoms with van der Waals surface area (Å²) in [4.78, 5) is 13.4. The maximum absolute atomic E-state index is 12.0. The fourth-order valence-electron chi connectivity index (χ4n) is 1.33. The molecule has 0 saturated heterocycles. The van der Waals surface area contributed by atoms with Crippen molar-refractivity contribution in [2.24, 2.45) is 10.9 Å². The van der Waals surface area contributed by atoms with Gasteiger partial charge >= 0.3 is 0 Å². The Bertz CT molecular complexity index is 398. The molecule has 1 rings (SSSR count). The van der Waals surface area contributed by atoms with E-state index in [1.54, 1.807) is 13.0 Å². The Labute approximate surface area is 93.3 Å². The van der Waals surface area contributed by atoms with Crippen LogP contribution in [0.4, 0.5) is 0 Å². The first-order chi connectivity index (χ1) is 7.60. The minimum atomic E-state index is -0.194. The van der Waals surface area contributed by atoms with E-state index in [1.165, 1.54) is 11.2 Å². The third kappa shape index (κ3) is 2.53. The first-order valence-electron chi connectivity index (χ1n) is 4.89. The van der Waals surface area contributed by atoms with Crippen LogP contribution in [0.25, 0.3) is 0 Å². The van der Waals surface area contributed by atoms with Crippen molar-refractivity contribution in [1.29, 1.82) is 0 Å². The number of furan rings is 1. The highest BCUT2D eigenvalue weighted by atomic mass is 16.4. The maximum Gasteiger partial charge on any atom is 0.257 e. The van der Waals surface area contributed by atoms with Crippen molar-refractivity contribution in [2.75, 3.05) is 13.1 Å². The minimum Gasteiger partial charge on any atom is -0.469 e. The summed E-state index contributed by atoms with van der Waals surface area (Å²) in [6.07, 6.45) is 1.46. The number of carbonyl (C=O) groups excluding carboxylic acids is 1. The molecule has 6 heteroatoms. The number of carbonyl (C=O) groups is 1. The number of nitrogens with two attached hydrogens (primary N) is 1. The lowest BCUT2D eigenvalue weighted by atomic mass is 10.2. The summed E-state index contributed by atoms with van der Waals surface area (Å²) < 4.78 is 5.05. The van der Waals surface area contributed by atoms with Gasteiger partial charge in [0, 0.05) is 6.54 Å². The molecule has 0 spiro atoms. The topological polar surface area (TPSA) is 92.1 Å². The van der Waals surface area contributed by atoms with Crippen LogP contribution < -0.4 is 5.73 Å². The number of rotatable bonds is 4. The second kappa shape index (κ2) is 5.20. The molecule has 6 nitrogen and oxygen atoms in total. The predicted octanol–water partition coefficient (Wildman–Crippen LogP) is 0.797. The highest BCUT2D eigenvalue weighted by Crippen LogP contribution is 2.11. The summed E-state index contributed by atoms with van der Waals surface area (Å²) in [6.45, 7) is 4.10. The summed E-state index contributed by atoms with van der Waals surface area (Å²) in [5, 5.41) is 11.3. The van der Waals surface area contributed by atoms with Crippen molar-refractivity contribution in [1.82, 2.24) is 4.90 Å². The van der Waals surface area contributed by atoms with Gasteiger partial charge in [-0.3, -0.25) is 4.79 Å². The summed E-state index contributed by atoms with van der Waals surface area (Å²) >= 11 is 0. The highest BCUT2D eigenvalue weighted by molar-refractivity contribution is 5.97. The second-order valence-corrected chi connectivity index (χ2v) is 3.30. The van der Waals surface area contributed by atoms with E-state index in [9.17, 15) is 4.79 Å². The Hall–Kier alpha value is -1.98. The summed E-state index contributed by atoms with van der Waals surface area (Å²) in [7, 11) is 0. The number of hydrogen-bond donors (Lipinski definition) is 2. The largest absolute Gasteiger partial charge is 0.469 e. The van der Waals surface area contributed by atoms with Gasteiger partial charge in [0.15, 0.2) is 5.84 Å². The molecule has 0 aliphatic rings. The molecule has 1 aromatic rings. The number of likely N-dealkylation sites (N-methyl/N-ethyl adjacent to an activating group) is 1. The van der Waals surface area contributed by atoms with E-state index in [2.05, 4.69) is 5.16 Å². The average molecular weight is 225 g/mol. The van der Waals surface area contributed by atoms with Crippen LogP contribution in [-0.2, 0) is 0 Å². The monoisotopic (exact) mass is 225 g/mol. The Morgan fingerprint density at radius 1 is 1.69 bits per heavy atom. The fraction of sp³-hybridized carbons (Fsp3) is 0.400. The first kappa shape index (κ1) is 12.1. The van der Waals surface area contributed by atoms with Gasteiger partial charge in [-0.1, -0.05) is 5.16 Å². The number of amides is 1. The van der Waals surface area contributed by atoms with Crippen LogP contribution in [0.5, 0.6) is 0 Å². The number of nitrogens with zero attached hydrogens (tertiary/aromatic N) is 2. The van der Waals surface area contributed by atoms with Gasteiger partial charge < -0.3 is 20.3 Å². The molecule has 0 atom stereocenters. The molecule has 0 aliphatic carbocycles. The molecule has 0 aromatic carbocycles. The Balaban J connectivity index is 2.82. The first-order valence-corrected chi connectivity index (χ1v) is 4.89. The van der Waals surface area contributed by atoms with Crippen LogP contribution >= 0.6 is 0 Å². The molecule has 16 heavy (non-hydrogen) atoms. The molecule has 0 fully saturated rings. The lowest BCUT2D eigenvalue weighted by molar-refractivity contribution is 0.0784. The zero-order chi connectivity index (χ0) is 12.1. The Morgan fingerprint density at radius 2 is 2.38 bits per heavy atom. The van der Waals surface area contributed by atoms with Crippen molar-refractivity contribution in [2.45, 2.75) is 13.8 Å². The Kier molecular flexibility index (Phi) is 3.93. The van der Waals surface area contributed by atoms with Gasteiger partial charge in [-0.05, 0) is 19.9 Å². The van der Waals surface area contributed by atoms with Gasteiger partial charge in [0.25, 0.3) is 5.91 Å². The molecular weight excluding hydrogens is 210 g/mol. The SMILES string of the molecule is CCN(CC(N)=NO)C(=O)c1ccoc1C. The van der Waals surface area contributed by atoms with Gasteiger partial charge in [-0.2, -0.15) is 0 Å². The van der Waals surface area contributed by atoms with Crippen LogP contribution in [-0.4, -0.2) is 34.9 Å². The smallest absolute Gasteiger partial charge is 0.257 e. The highest BCUT2D eigenvalue weighted by Gasteiger charge is 2.18. The van der Waals surface area contributed by atoms with E-state index in [0.717, 1.165) is 0 Å². The predicted molar refractivity (Wildman–Crippen MR) is 58.4 cm³/mol. The molecule has 1 heterocycles. The van der Waals surface area contributed by atoms with Crippen molar-refractivity contribution in [3.63, 3.8) is 0 Å². The van der Waals surface area contributed by atoms with Gasteiger partial charge in [0.2, 0.25) is 0 Å². The summed E-state index contributed by atoms with van der Waals surface area (Å²) in [5.41, 5.74) is 5.85. The number of hydrogen-bond acceptors (Lipinski definition) is 4. The van der Waals surface area contributed by atoms with Crippen molar-refractivity contribution in [3.05, 3.63) is 23.7 Å². The standard InChI is InChI=1S/C10H15N3O3/c1-3-13(6-9(11)12-15)10(14)8-4-5-16-7(8)2/h4-5,15H,3,6H2,1-2H3,(H2,11,12). The van der Waals surface area contributed by atoms with Crippen molar-refractivity contribution < 1.29 is 14.4 Å². The van der Waals surface area contributed by atoms with Crippen molar-refractivity contribution in [3.8, 4) is 0 Å². The second-order valence-electron chi connectivity index (χ2n) is 3.30. The lowest BCUT2D eigenvalue weighted by Gasteiger charge is -2.19. The molecular formula is C10H15N3O3. The maximum atomic E-state index is 12.0.